The molecule has 0 aromatic carbocycles. The van der Waals surface area contributed by atoms with Crippen LogP contribution >= 0.6 is 12.2 Å². The van der Waals surface area contributed by atoms with Crippen molar-refractivity contribution in [3.63, 3.8) is 0 Å². The molecule has 1 aromatic heterocycles. The fraction of sp³-hybridized carbons (Fsp3) is 0.455. The molecule has 0 saturated heterocycles. The highest BCUT2D eigenvalue weighted by molar-refractivity contribution is 7.80. The molecule has 0 amide bonds. The van der Waals surface area contributed by atoms with Gasteiger partial charge in [0.15, 0.2) is 0 Å². The molecule has 3 N–H and O–H groups in total. The number of thiocarbonyl (C=S) groups is 1. The molecule has 1 rings (SSSR count). The first-order valence-corrected chi connectivity index (χ1v) is 5.65. The van der Waals surface area contributed by atoms with Crippen LogP contribution in [0.5, 0.6) is 0 Å². The number of nitrogens with one attached hydrogen (secondary N) is 1. The molecule has 0 bridgehead atoms. The van der Waals surface area contributed by atoms with Gasteiger partial charge in [0, 0.05) is 18.8 Å². The van der Waals surface area contributed by atoms with Crippen LogP contribution < -0.4 is 11.1 Å². The van der Waals surface area contributed by atoms with E-state index >= 15 is 0 Å². The third-order valence-corrected chi connectivity index (χ3v) is 2.21. The van der Waals surface area contributed by atoms with Crippen LogP contribution in [0.15, 0.2) is 18.3 Å². The summed E-state index contributed by atoms with van der Waals surface area (Å²) in [5, 5.41) is 3.27. The highest BCUT2D eigenvalue weighted by Gasteiger charge is 2.08. The first-order valence-electron chi connectivity index (χ1n) is 5.24. The van der Waals surface area contributed by atoms with E-state index in [1.807, 2.05) is 26.0 Å². The van der Waals surface area contributed by atoms with Gasteiger partial charge in [-0.1, -0.05) is 12.2 Å². The quantitative estimate of drug-likeness (QED) is 0.738. The summed E-state index contributed by atoms with van der Waals surface area (Å²) in [6, 6.07) is 3.94. The summed E-state index contributed by atoms with van der Waals surface area (Å²) in [4.78, 5) is 4.44. The van der Waals surface area contributed by atoms with Gasteiger partial charge in [-0.3, -0.25) is 4.98 Å². The van der Waals surface area contributed by atoms with Crippen molar-refractivity contribution in [1.29, 1.82) is 0 Å². The molecule has 0 fully saturated rings. The zero-order chi connectivity index (χ0) is 12.0. The van der Waals surface area contributed by atoms with Gasteiger partial charge in [0.2, 0.25) is 0 Å². The first-order chi connectivity index (χ1) is 7.65. The summed E-state index contributed by atoms with van der Waals surface area (Å²) >= 11 is 4.93. The van der Waals surface area contributed by atoms with E-state index in [0.717, 1.165) is 5.69 Å². The summed E-state index contributed by atoms with van der Waals surface area (Å²) in [6.07, 6.45) is 1.67. The van der Waals surface area contributed by atoms with E-state index < -0.39 is 0 Å². The predicted molar refractivity (Wildman–Crippen MR) is 69.7 cm³/mol. The van der Waals surface area contributed by atoms with E-state index in [-0.39, 0.29) is 6.04 Å². The normalized spacial score (nSPS) is 12.1. The Hall–Kier alpha value is -1.20. The van der Waals surface area contributed by atoms with E-state index in [2.05, 4.69) is 10.3 Å². The molecule has 0 aliphatic heterocycles. The zero-order valence-electron chi connectivity index (χ0n) is 9.56. The van der Waals surface area contributed by atoms with Gasteiger partial charge in [-0.15, -0.1) is 0 Å². The van der Waals surface area contributed by atoms with Crippen LogP contribution in [0.3, 0.4) is 0 Å². The van der Waals surface area contributed by atoms with E-state index in [1.165, 1.54) is 0 Å². The molecule has 0 aliphatic rings. The smallest absolute Gasteiger partial charge is 0.124 e. The Morgan fingerprint density at radius 3 is 3.06 bits per heavy atom. The molecule has 16 heavy (non-hydrogen) atoms. The van der Waals surface area contributed by atoms with Crippen molar-refractivity contribution in [3.05, 3.63) is 24.0 Å². The minimum Gasteiger partial charge on any atom is -0.388 e. The zero-order valence-corrected chi connectivity index (χ0v) is 10.4. The topological polar surface area (TPSA) is 60.2 Å². The van der Waals surface area contributed by atoms with Crippen molar-refractivity contribution >= 4 is 22.9 Å². The maximum atomic E-state index is 5.59. The molecule has 1 aromatic rings. The average Bonchev–Trinajstić information content (AvgIpc) is 2.27. The van der Waals surface area contributed by atoms with Crippen LogP contribution in [0, 0.1) is 0 Å². The number of hydrogen-bond donors (Lipinski definition) is 2. The molecule has 1 atom stereocenters. The lowest BCUT2D eigenvalue weighted by molar-refractivity contribution is 0.141. The van der Waals surface area contributed by atoms with Gasteiger partial charge in [-0.25, -0.2) is 0 Å². The Bertz CT molecular complexity index is 357. The van der Waals surface area contributed by atoms with Crippen molar-refractivity contribution in [2.75, 3.05) is 18.5 Å². The maximum absolute atomic E-state index is 5.59. The largest absolute Gasteiger partial charge is 0.388 e. The number of rotatable bonds is 6. The molecule has 0 spiro atoms. The number of anilines is 1. The number of nitrogens with zero attached hydrogens (tertiary/aromatic N) is 1. The van der Waals surface area contributed by atoms with Gasteiger partial charge in [0.05, 0.1) is 12.3 Å². The van der Waals surface area contributed by atoms with Crippen molar-refractivity contribution in [1.82, 2.24) is 4.98 Å². The van der Waals surface area contributed by atoms with Gasteiger partial charge in [0.1, 0.15) is 10.7 Å². The number of aromatic nitrogens is 1. The van der Waals surface area contributed by atoms with Crippen LogP contribution in [0.1, 0.15) is 19.5 Å². The van der Waals surface area contributed by atoms with E-state index in [9.17, 15) is 0 Å². The number of ether oxygens (including phenoxy) is 1. The fourth-order valence-corrected chi connectivity index (χ4v) is 1.48. The van der Waals surface area contributed by atoms with Gasteiger partial charge < -0.3 is 15.8 Å². The molecule has 88 valence electrons. The highest BCUT2D eigenvalue weighted by atomic mass is 32.1. The third-order valence-electron chi connectivity index (χ3n) is 2.01. The number of pyridine rings is 1. The van der Waals surface area contributed by atoms with Crippen molar-refractivity contribution < 1.29 is 4.74 Å². The van der Waals surface area contributed by atoms with E-state index in [4.69, 9.17) is 22.7 Å². The van der Waals surface area contributed by atoms with Gasteiger partial charge in [0.25, 0.3) is 0 Å². The molecular weight excluding hydrogens is 222 g/mol. The summed E-state index contributed by atoms with van der Waals surface area (Å²) < 4.78 is 5.32. The molecule has 0 aliphatic carbocycles. The van der Waals surface area contributed by atoms with E-state index in [1.54, 1.807) is 6.20 Å². The van der Waals surface area contributed by atoms with Crippen molar-refractivity contribution in [2.24, 2.45) is 5.73 Å². The van der Waals surface area contributed by atoms with Gasteiger partial charge in [-0.2, -0.15) is 0 Å². The minimum absolute atomic E-state index is 0.192. The van der Waals surface area contributed by atoms with Crippen molar-refractivity contribution in [2.45, 2.75) is 19.9 Å². The lowest BCUT2D eigenvalue weighted by Gasteiger charge is -2.16. The van der Waals surface area contributed by atoms with Crippen LogP contribution in [0.25, 0.3) is 0 Å². The Labute approximate surface area is 101 Å². The summed E-state index contributed by atoms with van der Waals surface area (Å²) in [5.74, 6) is 0. The second kappa shape index (κ2) is 6.40. The van der Waals surface area contributed by atoms with Crippen LogP contribution in [-0.4, -0.2) is 29.2 Å². The average molecular weight is 239 g/mol. The second-order valence-corrected chi connectivity index (χ2v) is 3.91. The maximum Gasteiger partial charge on any atom is 0.124 e. The summed E-state index contributed by atoms with van der Waals surface area (Å²) in [7, 11) is 0. The molecule has 5 heteroatoms. The fourth-order valence-electron chi connectivity index (χ4n) is 1.32. The molecule has 4 nitrogen and oxygen atoms in total. The van der Waals surface area contributed by atoms with Crippen molar-refractivity contribution in [3.8, 4) is 0 Å². The Kier molecular flexibility index (Phi) is 5.14. The molecular formula is C11H17N3OS. The molecule has 1 unspecified atom stereocenters. The standard InChI is InChI=1S/C11H17N3OS/c1-3-15-7-8(2)14-9-5-4-6-13-10(9)11(12)16/h4-6,8,14H,3,7H2,1-2H3,(H2,12,16). The second-order valence-electron chi connectivity index (χ2n) is 3.47. The van der Waals surface area contributed by atoms with E-state index in [0.29, 0.717) is 23.9 Å². The molecule has 1 heterocycles. The highest BCUT2D eigenvalue weighted by Crippen LogP contribution is 2.13. The van der Waals surface area contributed by atoms with Gasteiger partial charge in [-0.05, 0) is 26.0 Å². The first kappa shape index (κ1) is 12.9. The lowest BCUT2D eigenvalue weighted by atomic mass is 10.2. The van der Waals surface area contributed by atoms with Crippen LogP contribution in [0.2, 0.25) is 0 Å². The third kappa shape index (κ3) is 3.75. The SMILES string of the molecule is CCOCC(C)Nc1cccnc1C(N)=S. The number of hydrogen-bond acceptors (Lipinski definition) is 4. The summed E-state index contributed by atoms with van der Waals surface area (Å²) in [5.41, 5.74) is 7.06. The summed E-state index contributed by atoms with van der Waals surface area (Å²) in [6.45, 7) is 5.35. The Balaban J connectivity index is 2.69. The lowest BCUT2D eigenvalue weighted by Crippen LogP contribution is -2.24. The number of nitrogens with two attached hydrogens (primary N) is 1. The van der Waals surface area contributed by atoms with Crippen LogP contribution in [-0.2, 0) is 4.74 Å². The Morgan fingerprint density at radius 1 is 1.69 bits per heavy atom. The predicted octanol–water partition coefficient (Wildman–Crippen LogP) is 1.55. The monoisotopic (exact) mass is 239 g/mol. The van der Waals surface area contributed by atoms with Gasteiger partial charge >= 0.3 is 0 Å². The minimum atomic E-state index is 0.192. The molecule has 0 saturated carbocycles. The molecule has 0 radical (unpaired) electrons. The Morgan fingerprint density at radius 2 is 2.44 bits per heavy atom. The van der Waals surface area contributed by atoms with Crippen LogP contribution in [0.4, 0.5) is 5.69 Å².